The monoisotopic (exact) mass is 219 g/mol. The van der Waals surface area contributed by atoms with Gasteiger partial charge in [-0.3, -0.25) is 0 Å². The molecule has 0 heterocycles. The first kappa shape index (κ1) is 12.6. The molecule has 0 radical (unpaired) electrons. The molecular formula is C14H21NO. The van der Waals surface area contributed by atoms with Crippen LogP contribution in [0.25, 0.3) is 0 Å². The molecule has 1 N–H and O–H groups in total. The van der Waals surface area contributed by atoms with Gasteiger partial charge in [0.25, 0.3) is 0 Å². The third kappa shape index (κ3) is 3.61. The number of ether oxygens (including phenoxy) is 1. The van der Waals surface area contributed by atoms with E-state index in [2.05, 4.69) is 25.7 Å². The Labute approximate surface area is 98.3 Å². The standard InChI is InChI=1S/C14H21NO/c1-5-6-11(2)12(3)15-13-7-9-14(16-4)10-8-13/h7-11,15H,3,5-6H2,1-2,4H3. The number of benzene rings is 1. The summed E-state index contributed by atoms with van der Waals surface area (Å²) in [6.45, 7) is 8.46. The van der Waals surface area contributed by atoms with E-state index >= 15 is 0 Å². The molecule has 2 heteroatoms. The molecule has 1 atom stereocenters. The molecule has 88 valence electrons. The smallest absolute Gasteiger partial charge is 0.119 e. The maximum atomic E-state index is 5.11. The molecule has 1 unspecified atom stereocenters. The van der Waals surface area contributed by atoms with Gasteiger partial charge in [-0.1, -0.05) is 26.8 Å². The van der Waals surface area contributed by atoms with Crippen LogP contribution < -0.4 is 10.1 Å². The Kier molecular flexibility index (Phi) is 4.90. The van der Waals surface area contributed by atoms with Crippen molar-refractivity contribution in [1.82, 2.24) is 0 Å². The van der Waals surface area contributed by atoms with Crippen molar-refractivity contribution in [1.29, 1.82) is 0 Å². The van der Waals surface area contributed by atoms with Crippen LogP contribution in [0.5, 0.6) is 5.75 Å². The third-order valence-electron chi connectivity index (χ3n) is 2.71. The van der Waals surface area contributed by atoms with Gasteiger partial charge in [0.2, 0.25) is 0 Å². The second-order valence-electron chi connectivity index (χ2n) is 4.07. The largest absolute Gasteiger partial charge is 0.497 e. The Bertz CT molecular complexity index is 329. The highest BCUT2D eigenvalue weighted by molar-refractivity contribution is 5.50. The van der Waals surface area contributed by atoms with Crippen molar-refractivity contribution in [2.24, 2.45) is 5.92 Å². The maximum absolute atomic E-state index is 5.11. The zero-order valence-corrected chi connectivity index (χ0v) is 10.4. The average molecular weight is 219 g/mol. The lowest BCUT2D eigenvalue weighted by Gasteiger charge is -2.16. The molecule has 0 aromatic heterocycles. The first-order valence-corrected chi connectivity index (χ1v) is 5.77. The SMILES string of the molecule is C=C(Nc1ccc(OC)cc1)C(C)CCC. The van der Waals surface area contributed by atoms with E-state index in [0.717, 1.165) is 17.1 Å². The average Bonchev–Trinajstić information content (AvgIpc) is 2.30. The normalized spacial score (nSPS) is 11.9. The fraction of sp³-hybridized carbons (Fsp3) is 0.429. The topological polar surface area (TPSA) is 21.3 Å². The number of nitrogens with one attached hydrogen (secondary N) is 1. The molecule has 0 aliphatic carbocycles. The van der Waals surface area contributed by atoms with Crippen LogP contribution >= 0.6 is 0 Å². The third-order valence-corrected chi connectivity index (χ3v) is 2.71. The molecule has 0 amide bonds. The van der Waals surface area contributed by atoms with Crippen LogP contribution in [0.2, 0.25) is 0 Å². The molecule has 1 aromatic carbocycles. The Hall–Kier alpha value is -1.44. The number of rotatable bonds is 6. The van der Waals surface area contributed by atoms with E-state index in [1.165, 1.54) is 12.8 Å². The number of methoxy groups -OCH3 is 1. The lowest BCUT2D eigenvalue weighted by Crippen LogP contribution is -2.07. The van der Waals surface area contributed by atoms with Crippen molar-refractivity contribution in [3.63, 3.8) is 0 Å². The van der Waals surface area contributed by atoms with E-state index in [0.29, 0.717) is 5.92 Å². The molecule has 2 nitrogen and oxygen atoms in total. The van der Waals surface area contributed by atoms with Gasteiger partial charge in [0, 0.05) is 11.4 Å². The van der Waals surface area contributed by atoms with Gasteiger partial charge < -0.3 is 10.1 Å². The summed E-state index contributed by atoms with van der Waals surface area (Å²) >= 11 is 0. The van der Waals surface area contributed by atoms with E-state index in [1.807, 2.05) is 24.3 Å². The number of allylic oxidation sites excluding steroid dienone is 1. The molecular weight excluding hydrogens is 198 g/mol. The Morgan fingerprint density at radius 3 is 2.50 bits per heavy atom. The predicted octanol–water partition coefficient (Wildman–Crippen LogP) is 4.06. The zero-order valence-electron chi connectivity index (χ0n) is 10.4. The molecule has 1 rings (SSSR count). The summed E-state index contributed by atoms with van der Waals surface area (Å²) in [7, 11) is 1.67. The number of hydrogen-bond donors (Lipinski definition) is 1. The van der Waals surface area contributed by atoms with Gasteiger partial charge >= 0.3 is 0 Å². The van der Waals surface area contributed by atoms with Crippen LogP contribution in [0.4, 0.5) is 5.69 Å². The van der Waals surface area contributed by atoms with Crippen molar-refractivity contribution in [3.8, 4) is 5.75 Å². The molecule has 0 fully saturated rings. The van der Waals surface area contributed by atoms with E-state index < -0.39 is 0 Å². The van der Waals surface area contributed by atoms with Crippen molar-refractivity contribution in [2.45, 2.75) is 26.7 Å². The summed E-state index contributed by atoms with van der Waals surface area (Å²) < 4.78 is 5.11. The van der Waals surface area contributed by atoms with Gasteiger partial charge in [0.05, 0.1) is 7.11 Å². The van der Waals surface area contributed by atoms with E-state index in [9.17, 15) is 0 Å². The number of hydrogen-bond acceptors (Lipinski definition) is 2. The fourth-order valence-electron chi connectivity index (χ4n) is 1.59. The molecule has 0 bridgehead atoms. The molecule has 0 saturated carbocycles. The Morgan fingerprint density at radius 1 is 1.38 bits per heavy atom. The molecule has 1 aromatic rings. The summed E-state index contributed by atoms with van der Waals surface area (Å²) in [5.41, 5.74) is 2.14. The van der Waals surface area contributed by atoms with Crippen molar-refractivity contribution in [3.05, 3.63) is 36.5 Å². The highest BCUT2D eigenvalue weighted by Gasteiger charge is 2.05. The van der Waals surface area contributed by atoms with Crippen LogP contribution in [-0.4, -0.2) is 7.11 Å². The van der Waals surface area contributed by atoms with Crippen molar-refractivity contribution < 1.29 is 4.74 Å². The van der Waals surface area contributed by atoms with Crippen LogP contribution in [0.3, 0.4) is 0 Å². The van der Waals surface area contributed by atoms with E-state index in [4.69, 9.17) is 4.74 Å². The second-order valence-corrected chi connectivity index (χ2v) is 4.07. The second kappa shape index (κ2) is 6.21. The fourth-order valence-corrected chi connectivity index (χ4v) is 1.59. The first-order valence-electron chi connectivity index (χ1n) is 5.77. The highest BCUT2D eigenvalue weighted by Crippen LogP contribution is 2.20. The van der Waals surface area contributed by atoms with Crippen molar-refractivity contribution >= 4 is 5.69 Å². The van der Waals surface area contributed by atoms with Crippen LogP contribution in [0, 0.1) is 5.92 Å². The minimum atomic E-state index is 0.507. The predicted molar refractivity (Wildman–Crippen MR) is 69.8 cm³/mol. The lowest BCUT2D eigenvalue weighted by molar-refractivity contribution is 0.415. The van der Waals surface area contributed by atoms with Gasteiger partial charge in [-0.05, 0) is 36.6 Å². The van der Waals surface area contributed by atoms with Crippen molar-refractivity contribution in [2.75, 3.05) is 12.4 Å². The summed E-state index contributed by atoms with van der Waals surface area (Å²) in [5.74, 6) is 1.38. The van der Waals surface area contributed by atoms with Gasteiger partial charge in [-0.15, -0.1) is 0 Å². The van der Waals surface area contributed by atoms with Gasteiger partial charge in [-0.25, -0.2) is 0 Å². The summed E-state index contributed by atoms with van der Waals surface area (Å²) in [6, 6.07) is 7.89. The zero-order chi connectivity index (χ0) is 12.0. The first-order chi connectivity index (χ1) is 7.67. The summed E-state index contributed by atoms with van der Waals surface area (Å²) in [4.78, 5) is 0. The van der Waals surface area contributed by atoms with E-state index in [-0.39, 0.29) is 0 Å². The quantitative estimate of drug-likeness (QED) is 0.779. The van der Waals surface area contributed by atoms with Gasteiger partial charge in [0.15, 0.2) is 0 Å². The number of anilines is 1. The van der Waals surface area contributed by atoms with Crippen LogP contribution in [0.15, 0.2) is 36.5 Å². The molecule has 0 saturated heterocycles. The van der Waals surface area contributed by atoms with Gasteiger partial charge in [0.1, 0.15) is 5.75 Å². The minimum absolute atomic E-state index is 0.507. The molecule has 0 spiro atoms. The van der Waals surface area contributed by atoms with Crippen LogP contribution in [-0.2, 0) is 0 Å². The maximum Gasteiger partial charge on any atom is 0.119 e. The minimum Gasteiger partial charge on any atom is -0.497 e. The molecule has 0 aliphatic rings. The summed E-state index contributed by atoms with van der Waals surface area (Å²) in [6.07, 6.45) is 2.35. The van der Waals surface area contributed by atoms with E-state index in [1.54, 1.807) is 7.11 Å². The Balaban J connectivity index is 2.55. The van der Waals surface area contributed by atoms with Crippen LogP contribution in [0.1, 0.15) is 26.7 Å². The lowest BCUT2D eigenvalue weighted by atomic mass is 10.0. The molecule has 16 heavy (non-hydrogen) atoms. The highest BCUT2D eigenvalue weighted by atomic mass is 16.5. The van der Waals surface area contributed by atoms with Gasteiger partial charge in [-0.2, -0.15) is 0 Å². The summed E-state index contributed by atoms with van der Waals surface area (Å²) in [5, 5.41) is 3.33. The Morgan fingerprint density at radius 2 is 2.00 bits per heavy atom. The molecule has 0 aliphatic heterocycles.